The van der Waals surface area contributed by atoms with Gasteiger partial charge in [-0.15, -0.1) is 0 Å². The first kappa shape index (κ1) is 10.6. The van der Waals surface area contributed by atoms with Gasteiger partial charge in [0, 0.05) is 13.7 Å². The molecule has 2 aromatic rings. The van der Waals surface area contributed by atoms with E-state index < -0.39 is 5.97 Å². The lowest BCUT2D eigenvalue weighted by molar-refractivity contribution is 0.0691. The van der Waals surface area contributed by atoms with Crippen LogP contribution in [0.4, 0.5) is 0 Å². The summed E-state index contributed by atoms with van der Waals surface area (Å²) in [5.74, 6) is -1.04. The summed E-state index contributed by atoms with van der Waals surface area (Å²) in [4.78, 5) is 18.9. The minimum absolute atomic E-state index is 0.0201. The number of carbonyl (C=O) groups is 1. The van der Waals surface area contributed by atoms with Crippen molar-refractivity contribution in [3.8, 4) is 0 Å². The van der Waals surface area contributed by atoms with Gasteiger partial charge in [-0.3, -0.25) is 0 Å². The van der Waals surface area contributed by atoms with E-state index in [1.807, 2.05) is 0 Å². The summed E-state index contributed by atoms with van der Waals surface area (Å²) in [7, 11) is 1.61. The molecule has 1 N–H and O–H groups in total. The Bertz CT molecular complexity index is 521. The molecule has 0 aromatic carbocycles. The van der Waals surface area contributed by atoms with Crippen molar-refractivity contribution in [2.75, 3.05) is 13.7 Å². The van der Waals surface area contributed by atoms with Crippen LogP contribution in [-0.4, -0.2) is 39.3 Å². The Kier molecular flexibility index (Phi) is 2.82. The Hall–Kier alpha value is -1.95. The van der Waals surface area contributed by atoms with E-state index in [1.165, 1.54) is 6.07 Å². The molecule has 16 heavy (non-hydrogen) atoms. The second-order valence-corrected chi connectivity index (χ2v) is 3.28. The van der Waals surface area contributed by atoms with Crippen molar-refractivity contribution in [1.29, 1.82) is 0 Å². The molecular formula is C10H11N3O3. The minimum Gasteiger partial charge on any atom is -0.477 e. The number of rotatable bonds is 4. The van der Waals surface area contributed by atoms with Crippen LogP contribution in [0.5, 0.6) is 0 Å². The number of fused-ring (bicyclic) bond motifs is 1. The van der Waals surface area contributed by atoms with Crippen LogP contribution in [0.3, 0.4) is 0 Å². The molecule has 0 saturated heterocycles. The molecule has 0 amide bonds. The predicted octanol–water partition coefficient (Wildman–Crippen LogP) is 0.776. The maximum atomic E-state index is 10.8. The molecule has 2 heterocycles. The first-order valence-corrected chi connectivity index (χ1v) is 4.76. The summed E-state index contributed by atoms with van der Waals surface area (Å²) in [6.07, 6.45) is 1.63. The summed E-state index contributed by atoms with van der Waals surface area (Å²) in [5.41, 5.74) is 1.27. The fraction of sp³-hybridized carbons (Fsp3) is 0.300. The first-order valence-electron chi connectivity index (χ1n) is 4.76. The summed E-state index contributed by atoms with van der Waals surface area (Å²) < 4.78 is 6.72. The minimum atomic E-state index is -1.04. The van der Waals surface area contributed by atoms with E-state index in [1.54, 1.807) is 24.1 Å². The van der Waals surface area contributed by atoms with Gasteiger partial charge in [-0.1, -0.05) is 0 Å². The number of nitrogens with zero attached hydrogens (tertiary/aromatic N) is 3. The Morgan fingerprint density at radius 3 is 3.06 bits per heavy atom. The second-order valence-electron chi connectivity index (χ2n) is 3.28. The van der Waals surface area contributed by atoms with Crippen LogP contribution in [0.2, 0.25) is 0 Å². The Labute approximate surface area is 91.5 Å². The smallest absolute Gasteiger partial charge is 0.354 e. The lowest BCUT2D eigenvalue weighted by Gasteiger charge is -2.02. The van der Waals surface area contributed by atoms with Crippen molar-refractivity contribution < 1.29 is 14.6 Å². The highest BCUT2D eigenvalue weighted by atomic mass is 16.5. The maximum Gasteiger partial charge on any atom is 0.354 e. The van der Waals surface area contributed by atoms with E-state index >= 15 is 0 Å². The van der Waals surface area contributed by atoms with Gasteiger partial charge in [-0.2, -0.15) is 0 Å². The number of hydrogen-bond donors (Lipinski definition) is 1. The third kappa shape index (κ3) is 1.87. The second kappa shape index (κ2) is 4.28. The van der Waals surface area contributed by atoms with Crippen LogP contribution in [0.15, 0.2) is 18.5 Å². The standard InChI is InChI=1S/C10H11N3O3/c1-16-5-4-13-6-11-7-2-3-8(10(14)15)12-9(7)13/h2-3,6H,4-5H2,1H3,(H,14,15). The molecule has 0 aliphatic carbocycles. The molecule has 0 aliphatic rings. The largest absolute Gasteiger partial charge is 0.477 e. The fourth-order valence-electron chi connectivity index (χ4n) is 1.41. The number of carboxylic acid groups (broad SMARTS) is 1. The molecule has 0 saturated carbocycles. The van der Waals surface area contributed by atoms with Crippen LogP contribution in [0.1, 0.15) is 10.5 Å². The van der Waals surface area contributed by atoms with Gasteiger partial charge in [0.15, 0.2) is 11.3 Å². The van der Waals surface area contributed by atoms with Crippen LogP contribution < -0.4 is 0 Å². The van der Waals surface area contributed by atoms with Crippen LogP contribution in [0, 0.1) is 0 Å². The van der Waals surface area contributed by atoms with E-state index in [2.05, 4.69) is 9.97 Å². The number of ether oxygens (including phenoxy) is 1. The Morgan fingerprint density at radius 2 is 2.38 bits per heavy atom. The lowest BCUT2D eigenvalue weighted by Crippen LogP contribution is -2.06. The monoisotopic (exact) mass is 221 g/mol. The fourth-order valence-corrected chi connectivity index (χ4v) is 1.41. The van der Waals surface area contributed by atoms with Crippen molar-refractivity contribution >= 4 is 17.1 Å². The average Bonchev–Trinajstić information content (AvgIpc) is 2.68. The highest BCUT2D eigenvalue weighted by Crippen LogP contribution is 2.11. The van der Waals surface area contributed by atoms with E-state index in [4.69, 9.17) is 9.84 Å². The van der Waals surface area contributed by atoms with Gasteiger partial charge in [-0.05, 0) is 12.1 Å². The van der Waals surface area contributed by atoms with Crippen LogP contribution in [0.25, 0.3) is 11.2 Å². The third-order valence-electron chi connectivity index (χ3n) is 2.22. The Morgan fingerprint density at radius 1 is 1.56 bits per heavy atom. The number of aromatic nitrogens is 3. The van der Waals surface area contributed by atoms with Gasteiger partial charge in [-0.25, -0.2) is 14.8 Å². The van der Waals surface area contributed by atoms with Crippen LogP contribution in [-0.2, 0) is 11.3 Å². The predicted molar refractivity (Wildman–Crippen MR) is 56.4 cm³/mol. The maximum absolute atomic E-state index is 10.8. The number of hydrogen-bond acceptors (Lipinski definition) is 4. The zero-order chi connectivity index (χ0) is 11.5. The molecule has 6 nitrogen and oxygen atoms in total. The summed E-state index contributed by atoms with van der Waals surface area (Å²) in [6.45, 7) is 1.13. The average molecular weight is 221 g/mol. The Balaban J connectivity index is 2.43. The molecule has 6 heteroatoms. The molecular weight excluding hydrogens is 210 g/mol. The van der Waals surface area contributed by atoms with E-state index in [9.17, 15) is 4.79 Å². The quantitative estimate of drug-likeness (QED) is 0.825. The zero-order valence-electron chi connectivity index (χ0n) is 8.75. The van der Waals surface area contributed by atoms with Crippen molar-refractivity contribution in [3.05, 3.63) is 24.2 Å². The number of pyridine rings is 1. The molecule has 0 aliphatic heterocycles. The highest BCUT2D eigenvalue weighted by molar-refractivity contribution is 5.88. The molecule has 2 aromatic heterocycles. The number of aromatic carboxylic acids is 1. The van der Waals surface area contributed by atoms with Crippen molar-refractivity contribution in [1.82, 2.24) is 14.5 Å². The summed E-state index contributed by atoms with van der Waals surface area (Å²) in [5, 5.41) is 8.83. The van der Waals surface area contributed by atoms with Gasteiger partial charge < -0.3 is 14.4 Å². The summed E-state index contributed by atoms with van der Waals surface area (Å²) >= 11 is 0. The molecule has 0 radical (unpaired) electrons. The van der Waals surface area contributed by atoms with Crippen LogP contribution >= 0.6 is 0 Å². The van der Waals surface area contributed by atoms with Gasteiger partial charge in [0.2, 0.25) is 0 Å². The third-order valence-corrected chi connectivity index (χ3v) is 2.22. The topological polar surface area (TPSA) is 77.2 Å². The normalized spacial score (nSPS) is 10.8. The van der Waals surface area contributed by atoms with E-state index in [0.29, 0.717) is 24.3 Å². The first-order chi connectivity index (χ1) is 7.72. The van der Waals surface area contributed by atoms with E-state index in [-0.39, 0.29) is 5.69 Å². The van der Waals surface area contributed by atoms with Gasteiger partial charge in [0.25, 0.3) is 0 Å². The molecule has 84 valence electrons. The molecule has 2 rings (SSSR count). The molecule has 0 atom stereocenters. The molecule has 0 fully saturated rings. The van der Waals surface area contributed by atoms with Gasteiger partial charge in [0.1, 0.15) is 5.52 Å². The van der Waals surface area contributed by atoms with Crippen molar-refractivity contribution in [2.45, 2.75) is 6.54 Å². The number of methoxy groups -OCH3 is 1. The highest BCUT2D eigenvalue weighted by Gasteiger charge is 2.09. The van der Waals surface area contributed by atoms with Crippen molar-refractivity contribution in [2.24, 2.45) is 0 Å². The zero-order valence-corrected chi connectivity index (χ0v) is 8.75. The van der Waals surface area contributed by atoms with Gasteiger partial charge >= 0.3 is 5.97 Å². The molecule has 0 bridgehead atoms. The molecule has 0 unspecified atom stereocenters. The number of carboxylic acids is 1. The SMILES string of the molecule is COCCn1cnc2ccc(C(=O)O)nc21. The van der Waals surface area contributed by atoms with Crippen molar-refractivity contribution in [3.63, 3.8) is 0 Å². The summed E-state index contributed by atoms with van der Waals surface area (Å²) in [6, 6.07) is 3.09. The molecule has 0 spiro atoms. The van der Waals surface area contributed by atoms with Gasteiger partial charge in [0.05, 0.1) is 12.9 Å². The number of imidazole rings is 1. The van der Waals surface area contributed by atoms with E-state index in [0.717, 1.165) is 0 Å². The lowest BCUT2D eigenvalue weighted by atomic mass is 10.3.